The number of fused-ring (bicyclic) bond motifs is 2. The molecule has 0 bridgehead atoms. The molecule has 2 aliphatic heterocycles. The molecule has 10 nitrogen and oxygen atoms in total. The van der Waals surface area contributed by atoms with Gasteiger partial charge in [0.05, 0.1) is 15.2 Å². The van der Waals surface area contributed by atoms with E-state index in [0.717, 1.165) is 82.7 Å². The van der Waals surface area contributed by atoms with Crippen LogP contribution < -0.4 is 98.3 Å². The summed E-state index contributed by atoms with van der Waals surface area (Å²) in [5.74, 6) is 1.56. The number of hydrogen-bond donors (Lipinski definition) is 0. The maximum absolute atomic E-state index is 12.4. The number of benzene rings is 3. The zero-order valence-electron chi connectivity index (χ0n) is 39.8. The molecule has 0 saturated carbocycles. The van der Waals surface area contributed by atoms with Crippen LogP contribution in [0.2, 0.25) is 0 Å². The minimum atomic E-state index is -4.66. The average Bonchev–Trinajstić information content (AvgIpc) is 3.56. The van der Waals surface area contributed by atoms with Gasteiger partial charge in [-0.1, -0.05) is 52.3 Å². The van der Waals surface area contributed by atoms with Gasteiger partial charge < -0.3 is 32.6 Å². The number of aryl methyl sites for hydroxylation is 1. The van der Waals surface area contributed by atoms with Crippen molar-refractivity contribution < 1.29 is 129 Å². The Kier molecular flexibility index (Phi) is 21.1. The minimum absolute atomic E-state index is 0. The Labute approximate surface area is 454 Å². The van der Waals surface area contributed by atoms with Gasteiger partial charge in [-0.15, -0.1) is 0 Å². The van der Waals surface area contributed by atoms with Crippen LogP contribution in [0.1, 0.15) is 110 Å². The second kappa shape index (κ2) is 23.8. The predicted octanol–water partition coefficient (Wildman–Crippen LogP) is 0.951. The van der Waals surface area contributed by atoms with Crippen molar-refractivity contribution in [2.75, 3.05) is 18.0 Å². The standard InChI is InChI=1S/C50H61N2O8S2.3Na/c1-9-11-30-51-43-25-23-39(61(54,55)56)32-41(43)49(5,6)46(51)28-19-36-14-13-15-37(48(36)60-38-21-16-35(17-22-38)18-27-45(53)34(3)4)20-29-47-50(7,8)42-33-40(62(57,58)59)24-26-44(42)52(47)31-12-10-2;;;/h16-17,19-26,28-29,32-34H,1-2,9-15,18,27,30-31H2,3-8H3,(H,54,55,56)(H,57,58,59);;;/q-1;3*+1/p-2. The first-order valence-corrected chi connectivity index (χ1v) is 24.3. The summed E-state index contributed by atoms with van der Waals surface area (Å²) in [6.07, 6.45) is 14.8. The summed E-state index contributed by atoms with van der Waals surface area (Å²) in [4.78, 5) is 14.0. The Morgan fingerprint density at radius 2 is 1.43 bits per heavy atom. The van der Waals surface area contributed by atoms with Crippen molar-refractivity contribution in [2.24, 2.45) is 5.92 Å². The van der Waals surface area contributed by atoms with E-state index in [1.54, 1.807) is 12.1 Å². The SMILES string of the molecule is [CH2-]CCCN1/C(=C/C=C2\CCCC(/C=C/C3=[N+](CCC[CH2-])c4ccc(S(=O)(=O)[O-])cc4C3(C)C)=C2Oc2ccc(CCC(=O)C(C)C)cc2)C(C)(C)c2cc(S(=O)(=O)[O-])ccc21.[Na+].[Na+].[Na+]. The molecule has 0 N–H and O–H groups in total. The van der Waals surface area contributed by atoms with Crippen LogP contribution in [-0.4, -0.2) is 55.1 Å². The van der Waals surface area contributed by atoms with E-state index in [0.29, 0.717) is 50.3 Å². The number of allylic oxidation sites excluding steroid dienone is 7. The number of hydrogen-bond acceptors (Lipinski definition) is 9. The third kappa shape index (κ3) is 13.2. The molecule has 0 radical (unpaired) electrons. The first-order chi connectivity index (χ1) is 29.2. The smallest absolute Gasteiger partial charge is 0.744 e. The van der Waals surface area contributed by atoms with E-state index >= 15 is 0 Å². The number of anilines is 1. The van der Waals surface area contributed by atoms with E-state index in [4.69, 9.17) is 4.74 Å². The maximum Gasteiger partial charge on any atom is 1.00 e. The summed E-state index contributed by atoms with van der Waals surface area (Å²) in [7, 11) is -9.32. The molecular weight excluding hydrogens is 890 g/mol. The van der Waals surface area contributed by atoms with Crippen molar-refractivity contribution in [1.82, 2.24) is 0 Å². The normalized spacial score (nSPS) is 17.9. The van der Waals surface area contributed by atoms with Gasteiger partial charge in [-0.25, -0.2) is 16.8 Å². The molecule has 0 amide bonds. The second-order valence-electron chi connectivity index (χ2n) is 17.8. The molecule has 0 spiro atoms. The van der Waals surface area contributed by atoms with Crippen molar-refractivity contribution in [3.05, 3.63) is 138 Å². The van der Waals surface area contributed by atoms with Crippen molar-refractivity contribution >= 4 is 43.1 Å². The summed E-state index contributed by atoms with van der Waals surface area (Å²) in [5, 5.41) is 0. The van der Waals surface area contributed by atoms with Crippen LogP contribution in [0, 0.1) is 19.8 Å². The van der Waals surface area contributed by atoms with E-state index in [1.165, 1.54) is 24.3 Å². The molecule has 65 heavy (non-hydrogen) atoms. The molecule has 3 aromatic rings. The topological polar surface area (TPSA) is 147 Å². The van der Waals surface area contributed by atoms with E-state index in [1.807, 2.05) is 65.8 Å². The van der Waals surface area contributed by atoms with Gasteiger partial charge in [-0.3, -0.25) is 4.79 Å². The van der Waals surface area contributed by atoms with Crippen LogP contribution in [0.5, 0.6) is 5.75 Å². The third-order valence-electron chi connectivity index (χ3n) is 12.4. The van der Waals surface area contributed by atoms with Crippen molar-refractivity contribution in [2.45, 2.75) is 120 Å². The van der Waals surface area contributed by atoms with Crippen LogP contribution in [0.3, 0.4) is 0 Å². The first-order valence-electron chi connectivity index (χ1n) is 21.5. The molecule has 2 heterocycles. The molecule has 3 aromatic carbocycles. The maximum atomic E-state index is 12.4. The van der Waals surface area contributed by atoms with E-state index in [-0.39, 0.29) is 110 Å². The number of ketones is 1. The average molecular weight is 949 g/mol. The monoisotopic (exact) mass is 948 g/mol. The van der Waals surface area contributed by atoms with Gasteiger partial charge in [0, 0.05) is 53.4 Å². The Morgan fingerprint density at radius 1 is 0.815 bits per heavy atom. The molecule has 15 heteroatoms. The van der Waals surface area contributed by atoms with E-state index in [2.05, 4.69) is 47.6 Å². The Morgan fingerprint density at radius 3 is 2.03 bits per heavy atom. The van der Waals surface area contributed by atoms with Gasteiger partial charge in [0.15, 0.2) is 5.71 Å². The van der Waals surface area contributed by atoms with Crippen molar-refractivity contribution in [1.29, 1.82) is 0 Å². The van der Waals surface area contributed by atoms with Crippen LogP contribution in [0.4, 0.5) is 11.4 Å². The Hall–Kier alpha value is -1.62. The third-order valence-corrected chi connectivity index (χ3v) is 14.0. The summed E-state index contributed by atoms with van der Waals surface area (Å²) in [5.41, 5.74) is 6.87. The zero-order chi connectivity index (χ0) is 45.2. The molecule has 3 aliphatic rings. The minimum Gasteiger partial charge on any atom is -0.744 e. The molecule has 0 saturated heterocycles. The van der Waals surface area contributed by atoms with Gasteiger partial charge in [0.2, 0.25) is 5.69 Å². The molecule has 6 rings (SSSR count). The molecule has 0 atom stereocenters. The fraction of sp³-hybridized carbons (Fsp3) is 0.400. The zero-order valence-corrected chi connectivity index (χ0v) is 47.5. The fourth-order valence-electron chi connectivity index (χ4n) is 8.75. The molecule has 0 fully saturated rings. The summed E-state index contributed by atoms with van der Waals surface area (Å²) in [6.45, 7) is 21.4. The number of ether oxygens (including phenoxy) is 1. The first kappa shape index (κ1) is 57.7. The van der Waals surface area contributed by atoms with Crippen molar-refractivity contribution in [3.63, 3.8) is 0 Å². The molecular formula is C50H59N2Na3O8S2. The largest absolute Gasteiger partial charge is 1.00 e. The van der Waals surface area contributed by atoms with Gasteiger partial charge in [0.1, 0.15) is 44.1 Å². The number of Topliss-reactive ketones (excluding diaryl/α,β-unsaturated/α-hetero) is 1. The van der Waals surface area contributed by atoms with Crippen LogP contribution in [0.15, 0.2) is 117 Å². The Balaban J connectivity index is 0.00000374. The number of unbranched alkanes of at least 4 members (excludes halogenated alkanes) is 2. The molecule has 0 unspecified atom stereocenters. The molecule has 0 aromatic heterocycles. The number of rotatable bonds is 17. The quantitative estimate of drug-likeness (QED) is 0.0837. The summed E-state index contributed by atoms with van der Waals surface area (Å²) >= 11 is 0. The number of nitrogens with zero attached hydrogens (tertiary/aromatic N) is 2. The van der Waals surface area contributed by atoms with Crippen LogP contribution >= 0.6 is 0 Å². The van der Waals surface area contributed by atoms with E-state index < -0.39 is 31.1 Å². The van der Waals surface area contributed by atoms with Gasteiger partial charge in [-0.2, -0.15) is 17.4 Å². The van der Waals surface area contributed by atoms with Crippen molar-refractivity contribution in [3.8, 4) is 5.75 Å². The second-order valence-corrected chi connectivity index (χ2v) is 20.5. The number of carbonyl (C=O) groups is 1. The van der Waals surface area contributed by atoms with Crippen LogP contribution in [-0.2, 0) is 42.3 Å². The number of carbonyl (C=O) groups excluding carboxylic acids is 1. The van der Waals surface area contributed by atoms with Gasteiger partial charge >= 0.3 is 88.7 Å². The van der Waals surface area contributed by atoms with E-state index in [9.17, 15) is 30.7 Å². The Bertz CT molecular complexity index is 2610. The molecule has 1 aliphatic carbocycles. The molecule has 332 valence electrons. The summed E-state index contributed by atoms with van der Waals surface area (Å²) in [6, 6.07) is 17.1. The van der Waals surface area contributed by atoms with Gasteiger partial charge in [-0.05, 0) is 123 Å². The van der Waals surface area contributed by atoms with Crippen LogP contribution in [0.25, 0.3) is 0 Å². The summed E-state index contributed by atoms with van der Waals surface area (Å²) < 4.78 is 81.6. The van der Waals surface area contributed by atoms with Gasteiger partial charge in [0.25, 0.3) is 0 Å². The predicted molar refractivity (Wildman–Crippen MR) is 243 cm³/mol. The fourth-order valence-corrected chi connectivity index (χ4v) is 9.74.